The van der Waals surface area contributed by atoms with Crippen LogP contribution in [-0.4, -0.2) is 38.5 Å². The second-order valence-electron chi connectivity index (χ2n) is 4.68. The number of esters is 1. The minimum absolute atomic E-state index is 0.00823. The van der Waals surface area contributed by atoms with Crippen molar-refractivity contribution in [3.63, 3.8) is 0 Å². The Hall–Kier alpha value is -2.41. The normalized spacial score (nSPS) is 14.3. The molecule has 0 radical (unpaired) electrons. The topological polar surface area (TPSA) is 65.4 Å². The van der Waals surface area contributed by atoms with Crippen molar-refractivity contribution in [3.05, 3.63) is 29.3 Å². The molecule has 0 spiro atoms. The smallest absolute Gasteiger partial charge is 0.373 e. The zero-order valence-electron chi connectivity index (χ0n) is 12.6. The number of piperazine rings is 1. The van der Waals surface area contributed by atoms with Crippen molar-refractivity contribution < 1.29 is 31.5 Å². The Labute approximate surface area is 134 Å². The standard InChI is InChI=1S/C11H11F2N3.C3H3F3O2/c12-9-5-8(7-14)6-10(13)11(9)16-3-1-15-2-4-16;1-2(7)8-3(4,5)6/h5-6,15H,1-4H2;1H3. The second-order valence-corrected chi connectivity index (χ2v) is 4.68. The molecule has 1 aromatic rings. The van der Waals surface area contributed by atoms with E-state index in [1.807, 2.05) is 0 Å². The molecule has 1 N–H and O–H groups in total. The van der Waals surface area contributed by atoms with Gasteiger partial charge >= 0.3 is 12.3 Å². The third kappa shape index (κ3) is 6.37. The van der Waals surface area contributed by atoms with Crippen LogP contribution in [-0.2, 0) is 9.53 Å². The highest BCUT2D eigenvalue weighted by atomic mass is 19.4. The predicted octanol–water partition coefficient (Wildman–Crippen LogP) is 2.32. The Bertz CT molecular complexity index is 599. The van der Waals surface area contributed by atoms with Gasteiger partial charge in [0.05, 0.1) is 11.6 Å². The highest BCUT2D eigenvalue weighted by Gasteiger charge is 2.32. The van der Waals surface area contributed by atoms with Crippen LogP contribution < -0.4 is 10.2 Å². The van der Waals surface area contributed by atoms with Gasteiger partial charge in [-0.15, -0.1) is 13.2 Å². The average molecular weight is 351 g/mol. The Kier molecular flexibility index (Phi) is 6.91. The first-order valence-electron chi connectivity index (χ1n) is 6.75. The predicted molar refractivity (Wildman–Crippen MR) is 74.0 cm³/mol. The number of alkyl halides is 3. The number of hydrogen-bond acceptors (Lipinski definition) is 5. The van der Waals surface area contributed by atoms with E-state index in [0.717, 1.165) is 12.1 Å². The number of anilines is 1. The van der Waals surface area contributed by atoms with Crippen LogP contribution in [0, 0.1) is 23.0 Å². The molecule has 0 aromatic heterocycles. The first-order chi connectivity index (χ1) is 11.1. The van der Waals surface area contributed by atoms with Gasteiger partial charge in [0, 0.05) is 33.1 Å². The van der Waals surface area contributed by atoms with Crippen LogP contribution in [0.25, 0.3) is 0 Å². The summed E-state index contributed by atoms with van der Waals surface area (Å²) in [6.07, 6.45) is -4.83. The molecule has 0 amide bonds. The van der Waals surface area contributed by atoms with E-state index in [1.54, 1.807) is 11.0 Å². The van der Waals surface area contributed by atoms with Crippen molar-refractivity contribution in [1.82, 2.24) is 5.32 Å². The van der Waals surface area contributed by atoms with E-state index in [2.05, 4.69) is 10.1 Å². The van der Waals surface area contributed by atoms with Gasteiger partial charge in [-0.1, -0.05) is 0 Å². The maximum absolute atomic E-state index is 13.6. The van der Waals surface area contributed by atoms with E-state index in [9.17, 15) is 26.7 Å². The summed E-state index contributed by atoms with van der Waals surface area (Å²) in [4.78, 5) is 11.2. The lowest BCUT2D eigenvalue weighted by molar-refractivity contribution is -0.304. The van der Waals surface area contributed by atoms with E-state index in [4.69, 9.17) is 5.26 Å². The van der Waals surface area contributed by atoms with Crippen molar-refractivity contribution in [3.8, 4) is 6.07 Å². The molecule has 132 valence electrons. The molecule has 0 atom stereocenters. The molecule has 2 rings (SSSR count). The number of carbonyl (C=O) groups excluding carboxylic acids is 1. The molecule has 1 fully saturated rings. The molecule has 1 aliphatic heterocycles. The lowest BCUT2D eigenvalue weighted by atomic mass is 10.1. The molecule has 5 nitrogen and oxygen atoms in total. The van der Waals surface area contributed by atoms with Gasteiger partial charge in [-0.05, 0) is 12.1 Å². The summed E-state index contributed by atoms with van der Waals surface area (Å²) >= 11 is 0. The van der Waals surface area contributed by atoms with E-state index in [0.29, 0.717) is 33.1 Å². The van der Waals surface area contributed by atoms with E-state index in [1.165, 1.54) is 0 Å². The third-order valence-corrected chi connectivity index (χ3v) is 2.84. The van der Waals surface area contributed by atoms with Gasteiger partial charge in [0.2, 0.25) is 0 Å². The Balaban J connectivity index is 0.000000307. The third-order valence-electron chi connectivity index (χ3n) is 2.84. The van der Waals surface area contributed by atoms with Crippen molar-refractivity contribution in [2.24, 2.45) is 0 Å². The van der Waals surface area contributed by atoms with Crippen LogP contribution in [0.5, 0.6) is 0 Å². The first kappa shape index (κ1) is 19.6. The molecule has 1 aliphatic rings. The number of rotatable bonds is 1. The van der Waals surface area contributed by atoms with Gasteiger partial charge in [-0.2, -0.15) is 5.26 Å². The summed E-state index contributed by atoms with van der Waals surface area (Å²) in [6.45, 7) is 3.24. The SMILES string of the molecule is CC(=O)OC(F)(F)F.N#Cc1cc(F)c(N2CCNCC2)c(F)c1. The number of ether oxygens (including phenoxy) is 1. The minimum Gasteiger partial charge on any atom is -0.373 e. The number of benzene rings is 1. The maximum atomic E-state index is 13.6. The number of nitrogens with zero attached hydrogens (tertiary/aromatic N) is 2. The molecule has 0 aliphatic carbocycles. The highest BCUT2D eigenvalue weighted by Crippen LogP contribution is 2.25. The number of carbonyl (C=O) groups is 1. The molecule has 24 heavy (non-hydrogen) atoms. The fourth-order valence-electron chi connectivity index (χ4n) is 1.98. The van der Waals surface area contributed by atoms with Crippen molar-refractivity contribution in [2.45, 2.75) is 13.3 Å². The van der Waals surface area contributed by atoms with Crippen LogP contribution in [0.15, 0.2) is 12.1 Å². The minimum atomic E-state index is -4.83. The van der Waals surface area contributed by atoms with Crippen molar-refractivity contribution >= 4 is 11.7 Å². The van der Waals surface area contributed by atoms with Crippen LogP contribution in [0.2, 0.25) is 0 Å². The number of nitriles is 1. The lowest BCUT2D eigenvalue weighted by Gasteiger charge is -2.29. The second kappa shape index (κ2) is 8.44. The lowest BCUT2D eigenvalue weighted by Crippen LogP contribution is -2.44. The Morgan fingerprint density at radius 2 is 1.75 bits per heavy atom. The van der Waals surface area contributed by atoms with Crippen molar-refractivity contribution in [1.29, 1.82) is 5.26 Å². The number of hydrogen-bond donors (Lipinski definition) is 1. The molecule has 10 heteroatoms. The summed E-state index contributed by atoms with van der Waals surface area (Å²) in [5.74, 6) is -2.69. The van der Waals surface area contributed by atoms with Gasteiger partial charge in [-0.25, -0.2) is 8.78 Å². The Morgan fingerprint density at radius 1 is 1.25 bits per heavy atom. The van der Waals surface area contributed by atoms with E-state index < -0.39 is 24.0 Å². The van der Waals surface area contributed by atoms with Crippen LogP contribution >= 0.6 is 0 Å². The zero-order chi connectivity index (χ0) is 18.3. The summed E-state index contributed by atoms with van der Waals surface area (Å²) in [7, 11) is 0. The molecule has 1 aromatic carbocycles. The fraction of sp³-hybridized carbons (Fsp3) is 0.429. The molecule has 0 bridgehead atoms. The average Bonchev–Trinajstić information content (AvgIpc) is 2.45. The summed E-state index contributed by atoms with van der Waals surface area (Å²) in [5, 5.41) is 11.7. The van der Waals surface area contributed by atoms with Gasteiger partial charge in [-0.3, -0.25) is 4.79 Å². The van der Waals surface area contributed by atoms with Crippen LogP contribution in [0.4, 0.5) is 27.6 Å². The van der Waals surface area contributed by atoms with Crippen molar-refractivity contribution in [2.75, 3.05) is 31.1 Å². The molecule has 0 unspecified atom stereocenters. The maximum Gasteiger partial charge on any atom is 0.575 e. The summed E-state index contributed by atoms with van der Waals surface area (Å²) in [6, 6.07) is 3.87. The molecule has 1 heterocycles. The number of halogens is 5. The fourth-order valence-corrected chi connectivity index (χ4v) is 1.98. The van der Waals surface area contributed by atoms with Gasteiger partial charge in [0.15, 0.2) is 11.6 Å². The van der Waals surface area contributed by atoms with Crippen LogP contribution in [0.1, 0.15) is 12.5 Å². The molecular weight excluding hydrogens is 337 g/mol. The van der Waals surface area contributed by atoms with Gasteiger partial charge in [0.25, 0.3) is 0 Å². The van der Waals surface area contributed by atoms with Gasteiger partial charge < -0.3 is 15.0 Å². The highest BCUT2D eigenvalue weighted by molar-refractivity contribution is 5.66. The number of nitrogens with one attached hydrogen (secondary N) is 1. The van der Waals surface area contributed by atoms with E-state index >= 15 is 0 Å². The van der Waals surface area contributed by atoms with Crippen LogP contribution in [0.3, 0.4) is 0 Å². The molecular formula is C14H14F5N3O2. The summed E-state index contributed by atoms with van der Waals surface area (Å²) < 4.78 is 62.6. The first-order valence-corrected chi connectivity index (χ1v) is 6.75. The Morgan fingerprint density at radius 3 is 2.08 bits per heavy atom. The monoisotopic (exact) mass is 351 g/mol. The quantitative estimate of drug-likeness (QED) is 0.621. The molecule has 1 saturated heterocycles. The van der Waals surface area contributed by atoms with Gasteiger partial charge in [0.1, 0.15) is 5.69 Å². The van der Waals surface area contributed by atoms with E-state index in [-0.39, 0.29) is 11.3 Å². The largest absolute Gasteiger partial charge is 0.575 e. The molecule has 0 saturated carbocycles. The zero-order valence-corrected chi connectivity index (χ0v) is 12.6. The summed E-state index contributed by atoms with van der Waals surface area (Å²) in [5.41, 5.74) is -0.0191.